The minimum absolute atomic E-state index is 0.0889. The summed E-state index contributed by atoms with van der Waals surface area (Å²) < 4.78 is 34.6. The van der Waals surface area contributed by atoms with E-state index in [1.54, 1.807) is 0 Å². The molecule has 0 aromatic rings. The molecule has 4 rings (SSSR count). The maximum absolute atomic E-state index is 11.1. The number of hydrogen-bond donors (Lipinski definition) is 13. The second-order valence-electron chi connectivity index (χ2n) is 11.2. The SMILES string of the molecule is NCC1O[C@H](OC2[C@@H](CO)O[C@@H](OC3C(O[C@H]4OC(CN)[C@@H](O)[C@H](O)C4N)C(N)CC(N)[C@H]3O)[C@H]2O)[C@@H](N)C(O)[C@@H]1O. The smallest absolute Gasteiger partial charge is 0.187 e. The molecule has 1 saturated carbocycles. The van der Waals surface area contributed by atoms with Gasteiger partial charge in [0.1, 0.15) is 67.1 Å². The Balaban J connectivity index is 1.50. The molecule has 19 heteroatoms. The van der Waals surface area contributed by atoms with E-state index in [1.165, 1.54) is 0 Å². The lowest BCUT2D eigenvalue weighted by atomic mass is 9.84. The first-order chi connectivity index (χ1) is 19.8. The Morgan fingerprint density at radius 2 is 0.976 bits per heavy atom. The highest BCUT2D eigenvalue weighted by atomic mass is 16.8. The Hall–Kier alpha value is -0.760. The molecule has 0 bridgehead atoms. The zero-order chi connectivity index (χ0) is 31.0. The van der Waals surface area contributed by atoms with E-state index in [-0.39, 0.29) is 19.5 Å². The molecule has 1 aliphatic carbocycles. The largest absolute Gasteiger partial charge is 0.394 e. The molecular weight excluding hydrogens is 568 g/mol. The van der Waals surface area contributed by atoms with Gasteiger partial charge in [0.25, 0.3) is 0 Å². The van der Waals surface area contributed by atoms with E-state index < -0.39 is 123 Å². The average Bonchev–Trinajstić information content (AvgIpc) is 3.27. The van der Waals surface area contributed by atoms with Gasteiger partial charge in [-0.3, -0.25) is 0 Å². The number of ether oxygens (including phenoxy) is 6. The highest BCUT2D eigenvalue weighted by molar-refractivity contribution is 5.02. The number of aliphatic hydroxyl groups excluding tert-OH is 7. The zero-order valence-corrected chi connectivity index (χ0v) is 22.8. The highest BCUT2D eigenvalue weighted by Crippen LogP contribution is 2.34. The van der Waals surface area contributed by atoms with Crippen LogP contribution < -0.4 is 34.4 Å². The van der Waals surface area contributed by atoms with Crippen LogP contribution in [0.2, 0.25) is 0 Å². The molecule has 9 unspecified atom stereocenters. The normalized spacial score (nSPS) is 53.8. The highest BCUT2D eigenvalue weighted by Gasteiger charge is 2.54. The van der Waals surface area contributed by atoms with Crippen LogP contribution in [-0.4, -0.2) is 172 Å². The van der Waals surface area contributed by atoms with Gasteiger partial charge in [0.05, 0.1) is 24.8 Å². The van der Waals surface area contributed by atoms with Gasteiger partial charge in [0.2, 0.25) is 0 Å². The van der Waals surface area contributed by atoms with Crippen LogP contribution in [0.3, 0.4) is 0 Å². The van der Waals surface area contributed by atoms with Gasteiger partial charge in [-0.15, -0.1) is 0 Å². The molecule has 0 amide bonds. The van der Waals surface area contributed by atoms with Crippen molar-refractivity contribution in [2.24, 2.45) is 34.4 Å². The van der Waals surface area contributed by atoms with Crippen LogP contribution in [0.4, 0.5) is 0 Å². The lowest BCUT2D eigenvalue weighted by Gasteiger charge is -2.47. The molecule has 0 spiro atoms. The Bertz CT molecular complexity index is 868. The Labute approximate surface area is 241 Å². The fourth-order valence-corrected chi connectivity index (χ4v) is 5.74. The van der Waals surface area contributed by atoms with Gasteiger partial charge in [-0.05, 0) is 6.42 Å². The van der Waals surface area contributed by atoms with Gasteiger partial charge >= 0.3 is 0 Å². The second-order valence-corrected chi connectivity index (χ2v) is 11.2. The fourth-order valence-electron chi connectivity index (χ4n) is 5.74. The quantitative estimate of drug-likeness (QED) is 0.115. The van der Waals surface area contributed by atoms with E-state index in [0.717, 1.165) is 0 Å². The summed E-state index contributed by atoms with van der Waals surface area (Å²) >= 11 is 0. The third-order valence-electron chi connectivity index (χ3n) is 8.37. The molecule has 246 valence electrons. The molecule has 19 atom stereocenters. The first-order valence-corrected chi connectivity index (χ1v) is 13.9. The summed E-state index contributed by atoms with van der Waals surface area (Å²) in [6.07, 6.45) is -19.8. The number of aliphatic hydroxyl groups is 7. The lowest BCUT2D eigenvalue weighted by molar-refractivity contribution is -0.306. The Kier molecular flexibility index (Phi) is 11.5. The molecule has 3 saturated heterocycles. The molecular formula is C23H46N6O13. The van der Waals surface area contributed by atoms with E-state index in [0.29, 0.717) is 0 Å². The molecule has 19 N–H and O–H groups in total. The maximum Gasteiger partial charge on any atom is 0.187 e. The molecule has 4 aliphatic rings. The minimum Gasteiger partial charge on any atom is -0.394 e. The van der Waals surface area contributed by atoms with E-state index in [2.05, 4.69) is 0 Å². The minimum atomic E-state index is -1.60. The first-order valence-electron chi connectivity index (χ1n) is 13.9. The van der Waals surface area contributed by atoms with Crippen molar-refractivity contribution < 1.29 is 64.2 Å². The van der Waals surface area contributed by atoms with Crippen LogP contribution in [0.15, 0.2) is 0 Å². The molecule has 42 heavy (non-hydrogen) atoms. The topological polar surface area (TPSA) is 353 Å². The summed E-state index contributed by atoms with van der Waals surface area (Å²) in [5.74, 6) is 0. The maximum atomic E-state index is 11.1. The van der Waals surface area contributed by atoms with Crippen molar-refractivity contribution in [2.75, 3.05) is 19.7 Å². The van der Waals surface area contributed by atoms with Gasteiger partial charge in [0, 0.05) is 25.2 Å². The third-order valence-corrected chi connectivity index (χ3v) is 8.37. The predicted molar refractivity (Wildman–Crippen MR) is 138 cm³/mol. The molecule has 4 fully saturated rings. The monoisotopic (exact) mass is 614 g/mol. The van der Waals surface area contributed by atoms with Crippen molar-refractivity contribution in [3.63, 3.8) is 0 Å². The van der Waals surface area contributed by atoms with Crippen LogP contribution in [0.5, 0.6) is 0 Å². The van der Waals surface area contributed by atoms with E-state index in [1.807, 2.05) is 0 Å². The first kappa shape index (κ1) is 34.1. The van der Waals surface area contributed by atoms with Crippen LogP contribution in [-0.2, 0) is 28.4 Å². The molecule has 0 aromatic carbocycles. The Morgan fingerprint density at radius 3 is 1.45 bits per heavy atom. The van der Waals surface area contributed by atoms with Gasteiger partial charge in [-0.25, -0.2) is 0 Å². The zero-order valence-electron chi connectivity index (χ0n) is 22.8. The number of nitrogens with two attached hydrogens (primary N) is 6. The average molecular weight is 615 g/mol. The fraction of sp³-hybridized carbons (Fsp3) is 1.00. The van der Waals surface area contributed by atoms with Gasteiger partial charge in [-0.1, -0.05) is 0 Å². The van der Waals surface area contributed by atoms with Crippen LogP contribution in [0.25, 0.3) is 0 Å². The van der Waals surface area contributed by atoms with Crippen LogP contribution >= 0.6 is 0 Å². The van der Waals surface area contributed by atoms with Crippen molar-refractivity contribution in [1.82, 2.24) is 0 Å². The van der Waals surface area contributed by atoms with E-state index >= 15 is 0 Å². The van der Waals surface area contributed by atoms with Crippen LogP contribution in [0.1, 0.15) is 6.42 Å². The van der Waals surface area contributed by atoms with Gasteiger partial charge in [0.15, 0.2) is 18.9 Å². The molecule has 3 aliphatic heterocycles. The molecule has 19 nitrogen and oxygen atoms in total. The molecule has 3 heterocycles. The van der Waals surface area contributed by atoms with Gasteiger partial charge in [-0.2, -0.15) is 0 Å². The van der Waals surface area contributed by atoms with Crippen molar-refractivity contribution in [1.29, 1.82) is 0 Å². The lowest BCUT2D eigenvalue weighted by Crippen LogP contribution is -2.68. The predicted octanol–water partition coefficient (Wildman–Crippen LogP) is -8.90. The third kappa shape index (κ3) is 6.60. The van der Waals surface area contributed by atoms with E-state index in [9.17, 15) is 35.7 Å². The number of hydrogen-bond acceptors (Lipinski definition) is 19. The van der Waals surface area contributed by atoms with E-state index in [4.69, 9.17) is 62.8 Å². The van der Waals surface area contributed by atoms with Crippen LogP contribution in [0, 0.1) is 0 Å². The van der Waals surface area contributed by atoms with Crippen molar-refractivity contribution >= 4 is 0 Å². The second kappa shape index (κ2) is 14.1. The summed E-state index contributed by atoms with van der Waals surface area (Å²) in [7, 11) is 0. The molecule has 0 aromatic heterocycles. The number of rotatable bonds is 9. The van der Waals surface area contributed by atoms with Crippen molar-refractivity contribution in [2.45, 2.75) is 123 Å². The summed E-state index contributed by atoms with van der Waals surface area (Å²) in [5, 5.41) is 73.0. The molecule has 0 radical (unpaired) electrons. The summed E-state index contributed by atoms with van der Waals surface area (Å²) in [6.45, 7) is -0.967. The standard InChI is InChI=1S/C23H46N6O13/c24-2-7-13(32)15(34)10(28)21(37-7)40-18-6(27)1-5(26)12(31)20(18)42-23-17(36)19(9(4-30)39-23)41-22-11(29)16(35)14(33)8(3-25)38-22/h5-23,30-36H,1-4,24-29H2/t5?,6?,7?,8?,9-,10?,11+,12-,13-,14-,15-,16?,17+,18?,19?,20?,21-,22-,23+/m1/s1. The summed E-state index contributed by atoms with van der Waals surface area (Å²) in [6, 6.07) is -4.18. The van der Waals surface area contributed by atoms with Crippen molar-refractivity contribution in [3.8, 4) is 0 Å². The summed E-state index contributed by atoms with van der Waals surface area (Å²) in [4.78, 5) is 0. The van der Waals surface area contributed by atoms with Crippen molar-refractivity contribution in [3.05, 3.63) is 0 Å². The Morgan fingerprint density at radius 1 is 0.524 bits per heavy atom. The summed E-state index contributed by atoms with van der Waals surface area (Å²) in [5.41, 5.74) is 35.6. The van der Waals surface area contributed by atoms with Gasteiger partial charge < -0.3 is 98.6 Å².